The Bertz CT molecular complexity index is 1010. The summed E-state index contributed by atoms with van der Waals surface area (Å²) < 4.78 is 11.1. The van der Waals surface area contributed by atoms with Crippen LogP contribution in [-0.4, -0.2) is 49.0 Å². The molecule has 162 valence electrons. The third kappa shape index (κ3) is 4.05. The maximum atomic E-state index is 13.1. The monoisotopic (exact) mass is 423 g/mol. The Labute approximate surface area is 180 Å². The van der Waals surface area contributed by atoms with E-state index in [0.717, 1.165) is 10.5 Å². The first kappa shape index (κ1) is 20.7. The molecule has 0 unspecified atom stereocenters. The van der Waals surface area contributed by atoms with Crippen molar-refractivity contribution in [1.82, 2.24) is 15.5 Å². The summed E-state index contributed by atoms with van der Waals surface area (Å²) in [7, 11) is 0. The van der Waals surface area contributed by atoms with Crippen molar-refractivity contribution >= 4 is 17.8 Å². The Morgan fingerprint density at radius 3 is 2.58 bits per heavy atom. The van der Waals surface area contributed by atoms with E-state index >= 15 is 0 Å². The van der Waals surface area contributed by atoms with Crippen LogP contribution in [0.2, 0.25) is 0 Å². The van der Waals surface area contributed by atoms with Crippen molar-refractivity contribution in [1.29, 1.82) is 0 Å². The third-order valence-electron chi connectivity index (χ3n) is 5.67. The molecule has 2 atom stereocenters. The predicted molar refractivity (Wildman–Crippen MR) is 113 cm³/mol. The molecule has 0 aliphatic carbocycles. The Hall–Kier alpha value is -3.55. The highest BCUT2D eigenvalue weighted by Crippen LogP contribution is 2.36. The van der Waals surface area contributed by atoms with Crippen LogP contribution < -0.4 is 20.1 Å². The number of nitrogens with zero attached hydrogens (tertiary/aromatic N) is 1. The average Bonchev–Trinajstić information content (AvgIpc) is 3.01. The van der Waals surface area contributed by atoms with E-state index in [1.54, 1.807) is 25.1 Å². The highest BCUT2D eigenvalue weighted by molar-refractivity contribution is 6.09. The van der Waals surface area contributed by atoms with E-state index in [2.05, 4.69) is 10.6 Å². The van der Waals surface area contributed by atoms with E-state index in [0.29, 0.717) is 36.8 Å². The van der Waals surface area contributed by atoms with Crippen LogP contribution in [0.15, 0.2) is 48.5 Å². The minimum Gasteiger partial charge on any atom is -0.486 e. The van der Waals surface area contributed by atoms with Gasteiger partial charge in [0.2, 0.25) is 5.91 Å². The molecule has 0 bridgehead atoms. The summed E-state index contributed by atoms with van der Waals surface area (Å²) >= 11 is 0. The van der Waals surface area contributed by atoms with Crippen molar-refractivity contribution in [3.63, 3.8) is 0 Å². The maximum Gasteiger partial charge on any atom is 0.325 e. The van der Waals surface area contributed by atoms with Gasteiger partial charge >= 0.3 is 6.03 Å². The number of rotatable bonds is 6. The normalized spacial score (nSPS) is 20.9. The van der Waals surface area contributed by atoms with E-state index in [-0.39, 0.29) is 12.5 Å². The van der Waals surface area contributed by atoms with Crippen LogP contribution in [0.3, 0.4) is 0 Å². The lowest BCUT2D eigenvalue weighted by Crippen LogP contribution is -2.43. The zero-order chi connectivity index (χ0) is 22.0. The fraction of sp³-hybridized carbons (Fsp3) is 0.348. The van der Waals surface area contributed by atoms with Gasteiger partial charge in [0, 0.05) is 6.54 Å². The fourth-order valence-electron chi connectivity index (χ4n) is 3.76. The summed E-state index contributed by atoms with van der Waals surface area (Å²) in [5.41, 5.74) is 0.379. The SMILES string of the molecule is C[C@@H](CNC(=O)CN1C(=O)N[C@@](C)(c2ccc3c(c2)OCCO3)C1=O)c1ccccc1. The lowest BCUT2D eigenvalue weighted by atomic mass is 9.91. The largest absolute Gasteiger partial charge is 0.486 e. The first-order valence-electron chi connectivity index (χ1n) is 10.2. The van der Waals surface area contributed by atoms with E-state index in [9.17, 15) is 14.4 Å². The smallest absolute Gasteiger partial charge is 0.325 e. The Morgan fingerprint density at radius 1 is 1.13 bits per heavy atom. The number of nitrogens with one attached hydrogen (secondary N) is 2. The number of urea groups is 1. The number of amides is 4. The summed E-state index contributed by atoms with van der Waals surface area (Å²) in [6.07, 6.45) is 0. The van der Waals surface area contributed by atoms with Crippen molar-refractivity contribution in [3.05, 3.63) is 59.7 Å². The molecule has 0 aromatic heterocycles. The van der Waals surface area contributed by atoms with Gasteiger partial charge in [-0.2, -0.15) is 0 Å². The van der Waals surface area contributed by atoms with E-state index in [1.807, 2.05) is 37.3 Å². The Morgan fingerprint density at radius 2 is 1.84 bits per heavy atom. The zero-order valence-electron chi connectivity index (χ0n) is 17.5. The molecule has 4 rings (SSSR count). The van der Waals surface area contributed by atoms with Crippen molar-refractivity contribution < 1.29 is 23.9 Å². The van der Waals surface area contributed by atoms with Crippen molar-refractivity contribution in [3.8, 4) is 11.5 Å². The second-order valence-electron chi connectivity index (χ2n) is 7.92. The van der Waals surface area contributed by atoms with E-state index in [4.69, 9.17) is 9.47 Å². The molecule has 0 radical (unpaired) electrons. The van der Waals surface area contributed by atoms with Crippen molar-refractivity contribution in [2.75, 3.05) is 26.3 Å². The van der Waals surface area contributed by atoms with Crippen molar-refractivity contribution in [2.45, 2.75) is 25.3 Å². The zero-order valence-corrected chi connectivity index (χ0v) is 17.5. The average molecular weight is 423 g/mol. The van der Waals surface area contributed by atoms with Crippen LogP contribution in [0.5, 0.6) is 11.5 Å². The molecule has 2 aromatic rings. The molecule has 2 N–H and O–H groups in total. The molecule has 4 amide bonds. The van der Waals surface area contributed by atoms with Gasteiger partial charge in [-0.05, 0) is 36.1 Å². The number of fused-ring (bicyclic) bond motifs is 1. The number of benzene rings is 2. The van der Waals surface area contributed by atoms with Gasteiger partial charge in [0.15, 0.2) is 11.5 Å². The van der Waals surface area contributed by atoms with Gasteiger partial charge in [0.05, 0.1) is 0 Å². The third-order valence-corrected chi connectivity index (χ3v) is 5.67. The number of imide groups is 1. The second-order valence-corrected chi connectivity index (χ2v) is 7.92. The number of ether oxygens (including phenoxy) is 2. The second kappa shape index (κ2) is 8.29. The summed E-state index contributed by atoms with van der Waals surface area (Å²) in [6, 6.07) is 14.3. The fourth-order valence-corrected chi connectivity index (χ4v) is 3.76. The molecule has 1 saturated heterocycles. The topological polar surface area (TPSA) is 97.0 Å². The number of hydrogen-bond acceptors (Lipinski definition) is 5. The van der Waals surface area contributed by atoms with Crippen LogP contribution in [0.1, 0.15) is 30.9 Å². The van der Waals surface area contributed by atoms with Gasteiger partial charge < -0.3 is 20.1 Å². The summed E-state index contributed by atoms with van der Waals surface area (Å²) in [5.74, 6) is 0.353. The highest BCUT2D eigenvalue weighted by atomic mass is 16.6. The molecule has 8 nitrogen and oxygen atoms in total. The molecule has 0 saturated carbocycles. The molecule has 1 fully saturated rings. The minimum absolute atomic E-state index is 0.108. The molecule has 2 aliphatic heterocycles. The van der Waals surface area contributed by atoms with Gasteiger partial charge in [-0.25, -0.2) is 4.79 Å². The summed E-state index contributed by atoms with van der Waals surface area (Å²) in [6.45, 7) is 4.57. The molecular formula is C23H25N3O5. The molecule has 2 aliphatic rings. The first-order chi connectivity index (χ1) is 14.9. The highest BCUT2D eigenvalue weighted by Gasteiger charge is 2.49. The first-order valence-corrected chi connectivity index (χ1v) is 10.2. The van der Waals surface area contributed by atoms with Gasteiger partial charge in [0.1, 0.15) is 25.3 Å². The van der Waals surface area contributed by atoms with Gasteiger partial charge in [-0.3, -0.25) is 14.5 Å². The number of carbonyl (C=O) groups is 3. The maximum absolute atomic E-state index is 13.1. The van der Waals surface area contributed by atoms with Gasteiger partial charge in [-0.1, -0.05) is 43.3 Å². The molecule has 2 aromatic carbocycles. The molecule has 0 spiro atoms. The number of carbonyl (C=O) groups excluding carboxylic acids is 3. The molecular weight excluding hydrogens is 398 g/mol. The lowest BCUT2D eigenvalue weighted by Gasteiger charge is -2.25. The van der Waals surface area contributed by atoms with Crippen molar-refractivity contribution in [2.24, 2.45) is 0 Å². The lowest BCUT2D eigenvalue weighted by molar-refractivity contribution is -0.134. The standard InChI is InChI=1S/C23H25N3O5/c1-15(16-6-4-3-5-7-16)13-24-20(27)14-26-21(28)23(2,25-22(26)29)17-8-9-18-19(12-17)31-11-10-30-18/h3-9,12,15H,10-11,13-14H2,1-2H3,(H,24,27)(H,25,29)/t15-,23-/m0/s1. The van der Waals surface area contributed by atoms with E-state index < -0.39 is 23.4 Å². The van der Waals surface area contributed by atoms with Crippen LogP contribution in [0.25, 0.3) is 0 Å². The Kier molecular flexibility index (Phi) is 5.54. The summed E-state index contributed by atoms with van der Waals surface area (Å²) in [4.78, 5) is 39.0. The minimum atomic E-state index is -1.29. The Balaban J connectivity index is 1.41. The predicted octanol–water partition coefficient (Wildman–Crippen LogP) is 2.14. The van der Waals surface area contributed by atoms with Crippen LogP contribution in [-0.2, 0) is 15.1 Å². The molecule has 8 heteroatoms. The van der Waals surface area contributed by atoms with Crippen LogP contribution in [0.4, 0.5) is 4.79 Å². The van der Waals surface area contributed by atoms with Gasteiger partial charge in [0.25, 0.3) is 5.91 Å². The molecule has 2 heterocycles. The summed E-state index contributed by atoms with van der Waals surface area (Å²) in [5, 5.41) is 5.52. The van der Waals surface area contributed by atoms with Crippen LogP contribution >= 0.6 is 0 Å². The van der Waals surface area contributed by atoms with Crippen LogP contribution in [0, 0.1) is 0 Å². The quantitative estimate of drug-likeness (QED) is 0.694. The van der Waals surface area contributed by atoms with E-state index in [1.165, 1.54) is 0 Å². The molecule has 31 heavy (non-hydrogen) atoms. The van der Waals surface area contributed by atoms with Gasteiger partial charge in [-0.15, -0.1) is 0 Å². The number of hydrogen-bond donors (Lipinski definition) is 2.